The first-order chi connectivity index (χ1) is 5.74. The van der Waals surface area contributed by atoms with Gasteiger partial charge in [-0.05, 0) is 31.9 Å². The number of nitrogens with zero attached hydrogens (tertiary/aromatic N) is 3. The number of aromatic nitrogens is 2. The Morgan fingerprint density at radius 2 is 2.33 bits per heavy atom. The van der Waals surface area contributed by atoms with E-state index in [1.165, 1.54) is 6.21 Å². The minimum Gasteiger partial charge on any atom is -0.411 e. The van der Waals surface area contributed by atoms with Crippen molar-refractivity contribution in [1.82, 2.24) is 9.97 Å². The Balaban J connectivity index is 2.89. The van der Waals surface area contributed by atoms with E-state index < -0.39 is 0 Å². The number of oxime groups is 1. The molecular weight excluding hydrogens is 290 g/mol. The monoisotopic (exact) mass is 293 g/mol. The van der Waals surface area contributed by atoms with Crippen LogP contribution in [0.1, 0.15) is 5.69 Å². The number of hydrogen-bond acceptors (Lipinski definition) is 4. The molecule has 1 aromatic rings. The van der Waals surface area contributed by atoms with E-state index in [4.69, 9.17) is 5.21 Å². The summed E-state index contributed by atoms with van der Waals surface area (Å²) in [6.07, 6.45) is 3.38. The Labute approximate surface area is 86.0 Å². The lowest BCUT2D eigenvalue weighted by Crippen LogP contribution is -1.95. The Morgan fingerprint density at radius 1 is 1.58 bits per heavy atom. The molecule has 0 atom stereocenters. The third kappa shape index (κ3) is 2.53. The van der Waals surface area contributed by atoms with Gasteiger partial charge in [-0.25, -0.2) is 9.97 Å². The molecule has 0 unspecified atom stereocenters. The van der Waals surface area contributed by atoms with Crippen LogP contribution in [-0.2, 0) is 6.42 Å². The van der Waals surface area contributed by atoms with Crippen LogP contribution in [-0.4, -0.2) is 21.4 Å². The van der Waals surface area contributed by atoms with Crippen LogP contribution in [0.25, 0.3) is 0 Å². The Morgan fingerprint density at radius 3 is 3.00 bits per heavy atom. The first-order valence-corrected chi connectivity index (χ1v) is 4.65. The van der Waals surface area contributed by atoms with Crippen LogP contribution in [0.3, 0.4) is 0 Å². The maximum Gasteiger partial charge on any atom is 0.128 e. The first-order valence-electron chi connectivity index (χ1n) is 3.07. The summed E-state index contributed by atoms with van der Waals surface area (Å²) in [5.41, 5.74) is 0.724. The van der Waals surface area contributed by atoms with Gasteiger partial charge in [-0.2, -0.15) is 0 Å². The zero-order valence-electron chi connectivity index (χ0n) is 5.91. The van der Waals surface area contributed by atoms with Gasteiger partial charge in [-0.1, -0.05) is 0 Å². The fourth-order valence-electron chi connectivity index (χ4n) is 0.646. The smallest absolute Gasteiger partial charge is 0.128 e. The standard InChI is InChI=1S/C6H5Br2N3O/c7-5-3-9-6(8)4(11-5)1-2-10-12/h2-3,12H,1H2/b10-2+. The van der Waals surface area contributed by atoms with Crippen LogP contribution in [0.15, 0.2) is 20.6 Å². The topological polar surface area (TPSA) is 58.4 Å². The van der Waals surface area contributed by atoms with Crippen molar-refractivity contribution in [2.24, 2.45) is 5.16 Å². The lowest BCUT2D eigenvalue weighted by atomic mass is 10.3. The third-order valence-electron chi connectivity index (χ3n) is 1.13. The SMILES string of the molecule is O/N=C/Cc1nc(Br)cnc1Br. The van der Waals surface area contributed by atoms with Crippen LogP contribution in [0.5, 0.6) is 0 Å². The molecule has 1 N–H and O–H groups in total. The van der Waals surface area contributed by atoms with E-state index in [2.05, 4.69) is 47.0 Å². The minimum atomic E-state index is 0.448. The molecular formula is C6H5Br2N3O. The van der Waals surface area contributed by atoms with Gasteiger partial charge in [0.2, 0.25) is 0 Å². The molecule has 0 bridgehead atoms. The summed E-state index contributed by atoms with van der Waals surface area (Å²) in [6.45, 7) is 0. The third-order valence-corrected chi connectivity index (χ3v) is 2.18. The number of halogens is 2. The zero-order valence-corrected chi connectivity index (χ0v) is 9.08. The van der Waals surface area contributed by atoms with E-state index in [-0.39, 0.29) is 0 Å². The fraction of sp³-hybridized carbons (Fsp3) is 0.167. The second kappa shape index (κ2) is 4.51. The normalized spacial score (nSPS) is 10.8. The molecule has 4 nitrogen and oxygen atoms in total. The summed E-state index contributed by atoms with van der Waals surface area (Å²) in [5.74, 6) is 0. The van der Waals surface area contributed by atoms with Crippen LogP contribution >= 0.6 is 31.9 Å². The maximum atomic E-state index is 8.18. The van der Waals surface area contributed by atoms with Gasteiger partial charge < -0.3 is 5.21 Å². The Hall–Kier alpha value is -0.490. The zero-order chi connectivity index (χ0) is 8.97. The molecule has 0 saturated heterocycles. The van der Waals surface area contributed by atoms with Gasteiger partial charge in [0, 0.05) is 12.6 Å². The fourth-order valence-corrected chi connectivity index (χ4v) is 1.31. The lowest BCUT2D eigenvalue weighted by molar-refractivity contribution is 0.320. The molecule has 0 amide bonds. The van der Waals surface area contributed by atoms with Crippen molar-refractivity contribution in [2.75, 3.05) is 0 Å². The number of hydrogen-bond donors (Lipinski definition) is 1. The molecule has 0 aliphatic carbocycles. The molecule has 0 aliphatic rings. The van der Waals surface area contributed by atoms with E-state index >= 15 is 0 Å². The van der Waals surface area contributed by atoms with Gasteiger partial charge in [0.15, 0.2) is 0 Å². The second-order valence-corrected chi connectivity index (χ2v) is 3.50. The summed E-state index contributed by atoms with van der Waals surface area (Å²) < 4.78 is 1.32. The Kier molecular flexibility index (Phi) is 3.61. The molecule has 6 heteroatoms. The van der Waals surface area contributed by atoms with Crippen molar-refractivity contribution >= 4 is 38.1 Å². The Bertz CT molecular complexity index is 303. The lowest BCUT2D eigenvalue weighted by Gasteiger charge is -1.98. The van der Waals surface area contributed by atoms with E-state index in [0.717, 1.165) is 5.69 Å². The van der Waals surface area contributed by atoms with Gasteiger partial charge >= 0.3 is 0 Å². The van der Waals surface area contributed by atoms with Crippen molar-refractivity contribution in [3.63, 3.8) is 0 Å². The van der Waals surface area contributed by atoms with E-state index in [1.54, 1.807) is 6.20 Å². The van der Waals surface area contributed by atoms with Gasteiger partial charge in [0.05, 0.1) is 11.9 Å². The summed E-state index contributed by atoms with van der Waals surface area (Å²) in [7, 11) is 0. The average Bonchev–Trinajstić information content (AvgIpc) is 2.07. The quantitative estimate of drug-likeness (QED) is 0.516. The summed E-state index contributed by atoms with van der Waals surface area (Å²) in [6, 6.07) is 0. The molecule has 0 radical (unpaired) electrons. The van der Waals surface area contributed by atoms with Crippen LogP contribution in [0.4, 0.5) is 0 Å². The van der Waals surface area contributed by atoms with Gasteiger partial charge in [-0.15, -0.1) is 5.16 Å². The van der Waals surface area contributed by atoms with Crippen molar-refractivity contribution in [3.8, 4) is 0 Å². The highest BCUT2D eigenvalue weighted by molar-refractivity contribution is 9.10. The molecule has 0 spiro atoms. The van der Waals surface area contributed by atoms with Gasteiger partial charge in [0.1, 0.15) is 9.21 Å². The molecule has 1 heterocycles. The van der Waals surface area contributed by atoms with Gasteiger partial charge in [0.25, 0.3) is 0 Å². The summed E-state index contributed by atoms with van der Waals surface area (Å²) >= 11 is 6.41. The molecule has 0 aliphatic heterocycles. The summed E-state index contributed by atoms with van der Waals surface area (Å²) in [4.78, 5) is 8.11. The van der Waals surface area contributed by atoms with Crippen molar-refractivity contribution in [1.29, 1.82) is 0 Å². The predicted molar refractivity (Wildman–Crippen MR) is 51.4 cm³/mol. The minimum absolute atomic E-state index is 0.448. The molecule has 1 aromatic heterocycles. The predicted octanol–water partition coefficient (Wildman–Crippen LogP) is 2.00. The van der Waals surface area contributed by atoms with Crippen molar-refractivity contribution in [3.05, 3.63) is 21.1 Å². The first kappa shape index (κ1) is 9.60. The molecule has 0 saturated carbocycles. The highest BCUT2D eigenvalue weighted by Crippen LogP contribution is 2.14. The highest BCUT2D eigenvalue weighted by Gasteiger charge is 2.01. The van der Waals surface area contributed by atoms with Crippen molar-refractivity contribution < 1.29 is 5.21 Å². The highest BCUT2D eigenvalue weighted by atomic mass is 79.9. The van der Waals surface area contributed by atoms with Crippen LogP contribution < -0.4 is 0 Å². The van der Waals surface area contributed by atoms with E-state index in [9.17, 15) is 0 Å². The molecule has 12 heavy (non-hydrogen) atoms. The molecule has 0 fully saturated rings. The second-order valence-electron chi connectivity index (χ2n) is 1.93. The van der Waals surface area contributed by atoms with Crippen LogP contribution in [0.2, 0.25) is 0 Å². The van der Waals surface area contributed by atoms with Gasteiger partial charge in [-0.3, -0.25) is 0 Å². The molecule has 1 rings (SSSR count). The van der Waals surface area contributed by atoms with E-state index in [1.807, 2.05) is 0 Å². The van der Waals surface area contributed by atoms with Crippen LogP contribution in [0, 0.1) is 0 Å². The maximum absolute atomic E-state index is 8.18. The number of rotatable bonds is 2. The van der Waals surface area contributed by atoms with E-state index in [0.29, 0.717) is 15.6 Å². The molecule has 64 valence electrons. The largest absolute Gasteiger partial charge is 0.411 e. The average molecular weight is 295 g/mol. The van der Waals surface area contributed by atoms with Crippen molar-refractivity contribution in [2.45, 2.75) is 6.42 Å². The molecule has 0 aromatic carbocycles. The summed E-state index contributed by atoms with van der Waals surface area (Å²) in [5, 5.41) is 11.1.